The van der Waals surface area contributed by atoms with E-state index >= 15 is 0 Å². The molecule has 3 heteroatoms. The lowest BCUT2D eigenvalue weighted by Gasteiger charge is -2.23. The van der Waals surface area contributed by atoms with Gasteiger partial charge in [0.1, 0.15) is 0 Å². The Kier molecular flexibility index (Phi) is 5.37. The fraction of sp³-hybridized carbons (Fsp3) is 0.211. The third kappa shape index (κ3) is 4.48. The van der Waals surface area contributed by atoms with Gasteiger partial charge in [0.25, 0.3) is 5.91 Å². The first-order valence-corrected chi connectivity index (χ1v) is 7.48. The normalized spacial score (nSPS) is 10.7. The number of hydrogen-bond donors (Lipinski definition) is 1. The maximum absolute atomic E-state index is 12.1. The number of carbonyl (C=O) groups excluding carboxylic acids is 1. The van der Waals surface area contributed by atoms with E-state index in [1.807, 2.05) is 80.4 Å². The number of amides is 1. The summed E-state index contributed by atoms with van der Waals surface area (Å²) in [5.41, 5.74) is 7.29. The molecule has 0 radical (unpaired) electrons. The molecule has 0 heterocycles. The maximum atomic E-state index is 12.1. The number of hydrazine groups is 1. The Morgan fingerprint density at radius 3 is 2.09 bits per heavy atom. The van der Waals surface area contributed by atoms with Crippen molar-refractivity contribution in [3.63, 3.8) is 0 Å². The molecular weight excluding hydrogens is 272 g/mol. The summed E-state index contributed by atoms with van der Waals surface area (Å²) in [5.74, 6) is -0.136. The van der Waals surface area contributed by atoms with Crippen molar-refractivity contribution in [1.82, 2.24) is 5.43 Å². The molecule has 0 atom stereocenters. The molecule has 0 aliphatic heterocycles. The van der Waals surface area contributed by atoms with Gasteiger partial charge in [0.15, 0.2) is 0 Å². The smallest absolute Gasteiger partial charge is 0.262 e. The molecule has 0 fully saturated rings. The van der Waals surface area contributed by atoms with E-state index < -0.39 is 0 Å². The Hall–Kier alpha value is -2.55. The first-order chi connectivity index (χ1) is 10.6. The SMILES string of the molecule is CCN(NC(=O)/C=C/c1ccc(C)cc1)c1ccc(C)cc1. The summed E-state index contributed by atoms with van der Waals surface area (Å²) in [7, 11) is 0. The zero-order valence-electron chi connectivity index (χ0n) is 13.3. The highest BCUT2D eigenvalue weighted by Crippen LogP contribution is 2.13. The standard InChI is InChI=1S/C19H22N2O/c1-4-21(18-12-7-16(3)8-13-18)20-19(22)14-11-17-9-5-15(2)6-10-17/h5-14H,4H2,1-3H3,(H,20,22)/b14-11+. The number of hydrogen-bond acceptors (Lipinski definition) is 2. The largest absolute Gasteiger partial charge is 0.286 e. The number of benzene rings is 2. The van der Waals surface area contributed by atoms with Crippen molar-refractivity contribution in [3.8, 4) is 0 Å². The third-order valence-electron chi connectivity index (χ3n) is 3.41. The molecule has 0 aliphatic rings. The van der Waals surface area contributed by atoms with E-state index in [0.29, 0.717) is 6.54 Å². The number of carbonyl (C=O) groups is 1. The second kappa shape index (κ2) is 7.46. The second-order valence-electron chi connectivity index (χ2n) is 5.30. The number of nitrogens with one attached hydrogen (secondary N) is 1. The van der Waals surface area contributed by atoms with Crippen LogP contribution in [0, 0.1) is 13.8 Å². The van der Waals surface area contributed by atoms with E-state index in [2.05, 4.69) is 5.43 Å². The lowest BCUT2D eigenvalue weighted by molar-refractivity contribution is -0.116. The second-order valence-corrected chi connectivity index (χ2v) is 5.30. The van der Waals surface area contributed by atoms with Gasteiger partial charge in [-0.05, 0) is 44.5 Å². The minimum absolute atomic E-state index is 0.136. The molecule has 0 bridgehead atoms. The van der Waals surface area contributed by atoms with Gasteiger partial charge in [-0.25, -0.2) is 0 Å². The van der Waals surface area contributed by atoms with Crippen LogP contribution in [0.25, 0.3) is 6.08 Å². The Labute approximate surface area is 132 Å². The van der Waals surface area contributed by atoms with E-state index in [1.54, 1.807) is 6.08 Å². The van der Waals surface area contributed by atoms with Crippen molar-refractivity contribution in [2.75, 3.05) is 11.6 Å². The van der Waals surface area contributed by atoms with Crippen LogP contribution in [0.15, 0.2) is 54.6 Å². The van der Waals surface area contributed by atoms with Gasteiger partial charge < -0.3 is 0 Å². The molecule has 1 N–H and O–H groups in total. The van der Waals surface area contributed by atoms with E-state index in [-0.39, 0.29) is 5.91 Å². The average molecular weight is 294 g/mol. The molecule has 1 amide bonds. The summed E-state index contributed by atoms with van der Waals surface area (Å²) in [4.78, 5) is 12.1. The Bertz CT molecular complexity index is 642. The third-order valence-corrected chi connectivity index (χ3v) is 3.41. The van der Waals surface area contributed by atoms with Crippen LogP contribution in [0.5, 0.6) is 0 Å². The van der Waals surface area contributed by atoms with Gasteiger partial charge >= 0.3 is 0 Å². The van der Waals surface area contributed by atoms with Crippen molar-refractivity contribution < 1.29 is 4.79 Å². The topological polar surface area (TPSA) is 32.3 Å². The summed E-state index contributed by atoms with van der Waals surface area (Å²) in [6.45, 7) is 6.79. The predicted octanol–water partition coefficient (Wildman–Crippen LogP) is 3.87. The summed E-state index contributed by atoms with van der Waals surface area (Å²) >= 11 is 0. The van der Waals surface area contributed by atoms with Gasteiger partial charge in [0, 0.05) is 12.6 Å². The Morgan fingerprint density at radius 2 is 1.55 bits per heavy atom. The zero-order chi connectivity index (χ0) is 15.9. The molecule has 3 nitrogen and oxygen atoms in total. The summed E-state index contributed by atoms with van der Waals surface area (Å²) in [6.07, 6.45) is 3.37. The van der Waals surface area contributed by atoms with Crippen LogP contribution in [0.3, 0.4) is 0 Å². The minimum Gasteiger partial charge on any atom is -0.286 e. The monoisotopic (exact) mass is 294 g/mol. The summed E-state index contributed by atoms with van der Waals surface area (Å²) < 4.78 is 0. The summed E-state index contributed by atoms with van der Waals surface area (Å²) in [6, 6.07) is 16.1. The molecular formula is C19H22N2O. The van der Waals surface area contributed by atoms with Crippen molar-refractivity contribution in [2.45, 2.75) is 20.8 Å². The van der Waals surface area contributed by atoms with Gasteiger partial charge in [-0.1, -0.05) is 47.5 Å². The average Bonchev–Trinajstić information content (AvgIpc) is 2.53. The van der Waals surface area contributed by atoms with Gasteiger partial charge in [0.2, 0.25) is 0 Å². The molecule has 22 heavy (non-hydrogen) atoms. The molecule has 2 rings (SSSR count). The molecule has 0 spiro atoms. The molecule has 2 aromatic rings. The van der Waals surface area contributed by atoms with Crippen LogP contribution < -0.4 is 10.4 Å². The van der Waals surface area contributed by atoms with Crippen LogP contribution in [0.4, 0.5) is 5.69 Å². The van der Waals surface area contributed by atoms with Gasteiger partial charge in [-0.2, -0.15) is 0 Å². The van der Waals surface area contributed by atoms with Crippen LogP contribution in [-0.4, -0.2) is 12.5 Å². The molecule has 0 unspecified atom stereocenters. The fourth-order valence-electron chi connectivity index (χ4n) is 2.07. The van der Waals surface area contributed by atoms with Crippen LogP contribution in [0.1, 0.15) is 23.6 Å². The zero-order valence-corrected chi connectivity index (χ0v) is 13.3. The molecule has 0 aliphatic carbocycles. The number of anilines is 1. The number of nitrogens with zero attached hydrogens (tertiary/aromatic N) is 1. The van der Waals surface area contributed by atoms with E-state index in [9.17, 15) is 4.79 Å². The van der Waals surface area contributed by atoms with E-state index in [1.165, 1.54) is 11.1 Å². The molecule has 0 saturated heterocycles. The fourth-order valence-corrected chi connectivity index (χ4v) is 2.07. The van der Waals surface area contributed by atoms with Gasteiger partial charge in [-0.3, -0.25) is 15.2 Å². The van der Waals surface area contributed by atoms with Gasteiger partial charge in [0.05, 0.1) is 5.69 Å². The lowest BCUT2D eigenvalue weighted by atomic mass is 10.1. The van der Waals surface area contributed by atoms with Crippen molar-refractivity contribution in [3.05, 3.63) is 71.3 Å². The van der Waals surface area contributed by atoms with E-state index in [4.69, 9.17) is 0 Å². The van der Waals surface area contributed by atoms with Crippen LogP contribution in [0.2, 0.25) is 0 Å². The summed E-state index contributed by atoms with van der Waals surface area (Å²) in [5, 5.41) is 1.83. The Morgan fingerprint density at radius 1 is 1.00 bits per heavy atom. The highest BCUT2D eigenvalue weighted by Gasteiger charge is 2.05. The number of aryl methyl sites for hydroxylation is 2. The quantitative estimate of drug-likeness (QED) is 0.670. The van der Waals surface area contributed by atoms with E-state index in [0.717, 1.165) is 11.3 Å². The lowest BCUT2D eigenvalue weighted by Crippen LogP contribution is -2.41. The predicted molar refractivity (Wildman–Crippen MR) is 92.6 cm³/mol. The maximum Gasteiger partial charge on any atom is 0.262 e. The molecule has 114 valence electrons. The minimum atomic E-state index is -0.136. The first-order valence-electron chi connectivity index (χ1n) is 7.48. The molecule has 0 aromatic heterocycles. The van der Waals surface area contributed by atoms with Crippen LogP contribution in [-0.2, 0) is 4.79 Å². The van der Waals surface area contributed by atoms with Crippen molar-refractivity contribution in [1.29, 1.82) is 0 Å². The van der Waals surface area contributed by atoms with Gasteiger partial charge in [-0.15, -0.1) is 0 Å². The Balaban J connectivity index is 2.00. The van der Waals surface area contributed by atoms with Crippen molar-refractivity contribution >= 4 is 17.7 Å². The molecule has 2 aromatic carbocycles. The van der Waals surface area contributed by atoms with Crippen LogP contribution >= 0.6 is 0 Å². The molecule has 0 saturated carbocycles. The number of rotatable bonds is 5. The highest BCUT2D eigenvalue weighted by molar-refractivity contribution is 5.92. The first kappa shape index (κ1) is 15.8. The highest BCUT2D eigenvalue weighted by atomic mass is 16.2. The van der Waals surface area contributed by atoms with Crippen molar-refractivity contribution in [2.24, 2.45) is 0 Å².